The highest BCUT2D eigenvalue weighted by molar-refractivity contribution is 7.89. The highest BCUT2D eigenvalue weighted by Gasteiger charge is 2.21. The third kappa shape index (κ3) is 4.10. The number of nitrogens with zero attached hydrogens (tertiary/aromatic N) is 2. The molecule has 0 radical (unpaired) electrons. The van der Waals surface area contributed by atoms with Crippen molar-refractivity contribution < 1.29 is 17.6 Å². The number of anilines is 1. The lowest BCUT2D eigenvalue weighted by Gasteiger charge is -2.13. The van der Waals surface area contributed by atoms with Crippen LogP contribution < -0.4 is 5.32 Å². The van der Waals surface area contributed by atoms with Gasteiger partial charge in [0.05, 0.1) is 21.0 Å². The van der Waals surface area contributed by atoms with Crippen molar-refractivity contribution in [2.45, 2.75) is 4.90 Å². The molecule has 0 aliphatic heterocycles. The number of hydrogen-bond donors (Lipinski definition) is 2. The Labute approximate surface area is 188 Å². The fraction of sp³-hybridized carbons (Fsp3) is 0.0909. The second kappa shape index (κ2) is 8.34. The number of halogens is 2. The SMILES string of the molecule is CN(C)S(=O)(=O)c1ccc(Cl)c(C(=O)Nc2ccc(-c3nc4c(F)cccc4[nH]3)cc2)c1. The third-order valence-electron chi connectivity index (χ3n) is 4.84. The number of carbonyl (C=O) groups is 1. The molecular weight excluding hydrogens is 455 g/mol. The van der Waals surface area contributed by atoms with E-state index in [1.165, 1.54) is 38.4 Å². The monoisotopic (exact) mass is 472 g/mol. The molecule has 0 aliphatic carbocycles. The van der Waals surface area contributed by atoms with E-state index in [1.807, 2.05) is 0 Å². The van der Waals surface area contributed by atoms with Crippen LogP contribution in [0, 0.1) is 5.82 Å². The molecule has 4 aromatic rings. The molecule has 0 saturated carbocycles. The maximum Gasteiger partial charge on any atom is 0.257 e. The first-order valence-electron chi connectivity index (χ1n) is 9.45. The van der Waals surface area contributed by atoms with Crippen LogP contribution >= 0.6 is 11.6 Å². The molecule has 0 fully saturated rings. The molecule has 10 heteroatoms. The standard InChI is InChI=1S/C22H18ClFN4O3S/c1-28(2)32(30,31)15-10-11-17(23)16(12-15)22(29)25-14-8-6-13(7-9-14)21-26-19-5-3-4-18(24)20(19)27-21/h3-12H,1-2H3,(H,25,29)(H,26,27). The van der Waals surface area contributed by atoms with E-state index < -0.39 is 21.7 Å². The van der Waals surface area contributed by atoms with Crippen LogP contribution in [0.3, 0.4) is 0 Å². The van der Waals surface area contributed by atoms with Gasteiger partial charge in [-0.15, -0.1) is 0 Å². The fourth-order valence-corrected chi connectivity index (χ4v) is 4.23. The number of hydrogen-bond acceptors (Lipinski definition) is 4. The van der Waals surface area contributed by atoms with Gasteiger partial charge in [-0.3, -0.25) is 4.79 Å². The average molecular weight is 473 g/mol. The summed E-state index contributed by atoms with van der Waals surface area (Å²) in [6.45, 7) is 0. The van der Waals surface area contributed by atoms with Gasteiger partial charge < -0.3 is 10.3 Å². The van der Waals surface area contributed by atoms with E-state index in [-0.39, 0.29) is 21.0 Å². The number of H-pyrrole nitrogens is 1. The van der Waals surface area contributed by atoms with E-state index in [2.05, 4.69) is 15.3 Å². The molecule has 0 bridgehead atoms. The number of nitrogens with one attached hydrogen (secondary N) is 2. The molecule has 7 nitrogen and oxygen atoms in total. The first-order valence-corrected chi connectivity index (χ1v) is 11.3. The first kappa shape index (κ1) is 21.9. The van der Waals surface area contributed by atoms with Crippen LogP contribution in [0.25, 0.3) is 22.4 Å². The minimum atomic E-state index is -3.72. The van der Waals surface area contributed by atoms with Crippen LogP contribution in [0.4, 0.5) is 10.1 Å². The van der Waals surface area contributed by atoms with Crippen LogP contribution in [-0.2, 0) is 10.0 Å². The Morgan fingerprint density at radius 3 is 2.47 bits per heavy atom. The molecular formula is C22H18ClFN4O3S. The number of amides is 1. The van der Waals surface area contributed by atoms with E-state index in [1.54, 1.807) is 36.4 Å². The van der Waals surface area contributed by atoms with E-state index in [0.717, 1.165) is 4.31 Å². The van der Waals surface area contributed by atoms with Crippen LogP contribution in [0.15, 0.2) is 65.6 Å². The Morgan fingerprint density at radius 2 is 1.81 bits per heavy atom. The molecule has 0 atom stereocenters. The Bertz CT molecular complexity index is 1430. The number of fused-ring (bicyclic) bond motifs is 1. The smallest absolute Gasteiger partial charge is 0.257 e. The number of para-hydroxylation sites is 1. The lowest BCUT2D eigenvalue weighted by molar-refractivity contribution is 0.102. The normalized spacial score (nSPS) is 11.8. The Morgan fingerprint density at radius 1 is 1.09 bits per heavy atom. The Balaban J connectivity index is 1.57. The maximum absolute atomic E-state index is 13.9. The lowest BCUT2D eigenvalue weighted by Crippen LogP contribution is -2.23. The molecule has 3 aromatic carbocycles. The van der Waals surface area contributed by atoms with Crippen LogP contribution in [-0.4, -0.2) is 42.7 Å². The van der Waals surface area contributed by atoms with E-state index in [4.69, 9.17) is 11.6 Å². The van der Waals surface area contributed by atoms with Crippen molar-refractivity contribution in [3.05, 3.63) is 77.1 Å². The van der Waals surface area contributed by atoms with Crippen LogP contribution in [0.2, 0.25) is 5.02 Å². The lowest BCUT2D eigenvalue weighted by atomic mass is 10.1. The van der Waals surface area contributed by atoms with Gasteiger partial charge in [0, 0.05) is 25.3 Å². The second-order valence-corrected chi connectivity index (χ2v) is 9.74. The predicted octanol–water partition coefficient (Wildman–Crippen LogP) is 4.53. The topological polar surface area (TPSA) is 95.2 Å². The van der Waals surface area contributed by atoms with Gasteiger partial charge >= 0.3 is 0 Å². The zero-order valence-corrected chi connectivity index (χ0v) is 18.6. The molecule has 32 heavy (non-hydrogen) atoms. The van der Waals surface area contributed by atoms with Crippen molar-refractivity contribution in [3.63, 3.8) is 0 Å². The fourth-order valence-electron chi connectivity index (χ4n) is 3.09. The van der Waals surface area contributed by atoms with Crippen molar-refractivity contribution >= 4 is 44.3 Å². The number of rotatable bonds is 5. The number of aromatic nitrogens is 2. The number of sulfonamides is 1. The first-order chi connectivity index (χ1) is 15.2. The molecule has 0 unspecified atom stereocenters. The second-order valence-electron chi connectivity index (χ2n) is 7.18. The van der Waals surface area contributed by atoms with Crippen molar-refractivity contribution in [1.29, 1.82) is 0 Å². The highest BCUT2D eigenvalue weighted by Crippen LogP contribution is 2.25. The number of carbonyl (C=O) groups excluding carboxylic acids is 1. The summed E-state index contributed by atoms with van der Waals surface area (Å²) in [5.41, 5.74) is 2.04. The van der Waals surface area contributed by atoms with Gasteiger partial charge in [-0.1, -0.05) is 17.7 Å². The zero-order valence-electron chi connectivity index (χ0n) is 17.1. The summed E-state index contributed by atoms with van der Waals surface area (Å²) in [6, 6.07) is 15.4. The quantitative estimate of drug-likeness (QED) is 0.446. The minimum absolute atomic E-state index is 0.0337. The summed E-state index contributed by atoms with van der Waals surface area (Å²) >= 11 is 6.13. The largest absolute Gasteiger partial charge is 0.338 e. The molecule has 4 rings (SSSR count). The van der Waals surface area contributed by atoms with E-state index in [9.17, 15) is 17.6 Å². The van der Waals surface area contributed by atoms with Gasteiger partial charge in [0.2, 0.25) is 10.0 Å². The van der Waals surface area contributed by atoms with Gasteiger partial charge in [-0.2, -0.15) is 0 Å². The van der Waals surface area contributed by atoms with Gasteiger partial charge in [0.25, 0.3) is 5.91 Å². The summed E-state index contributed by atoms with van der Waals surface area (Å²) in [4.78, 5) is 20.0. The van der Waals surface area contributed by atoms with Gasteiger partial charge in [-0.05, 0) is 54.6 Å². The summed E-state index contributed by atoms with van der Waals surface area (Å²) < 4.78 is 39.6. The van der Waals surface area contributed by atoms with Crippen molar-refractivity contribution in [1.82, 2.24) is 14.3 Å². The molecule has 0 aliphatic rings. The summed E-state index contributed by atoms with van der Waals surface area (Å²) in [6.07, 6.45) is 0. The van der Waals surface area contributed by atoms with Crippen molar-refractivity contribution in [2.75, 3.05) is 19.4 Å². The Kier molecular flexibility index (Phi) is 5.72. The molecule has 1 aromatic heterocycles. The number of aromatic amines is 1. The summed E-state index contributed by atoms with van der Waals surface area (Å²) in [7, 11) is -0.907. The van der Waals surface area contributed by atoms with Crippen LogP contribution in [0.5, 0.6) is 0 Å². The third-order valence-corrected chi connectivity index (χ3v) is 6.98. The predicted molar refractivity (Wildman–Crippen MR) is 122 cm³/mol. The number of benzene rings is 3. The van der Waals surface area contributed by atoms with Gasteiger partial charge in [0.1, 0.15) is 11.3 Å². The molecule has 1 amide bonds. The number of imidazole rings is 1. The Hall–Kier alpha value is -3.27. The molecule has 0 spiro atoms. The highest BCUT2D eigenvalue weighted by atomic mass is 35.5. The van der Waals surface area contributed by atoms with Crippen molar-refractivity contribution in [3.8, 4) is 11.4 Å². The van der Waals surface area contributed by atoms with Gasteiger partial charge in [0.15, 0.2) is 5.82 Å². The maximum atomic E-state index is 13.9. The summed E-state index contributed by atoms with van der Waals surface area (Å²) in [5, 5.41) is 2.82. The molecule has 1 heterocycles. The van der Waals surface area contributed by atoms with Crippen molar-refractivity contribution in [2.24, 2.45) is 0 Å². The molecule has 0 saturated heterocycles. The van der Waals surface area contributed by atoms with E-state index in [0.29, 0.717) is 22.6 Å². The van der Waals surface area contributed by atoms with Gasteiger partial charge in [-0.25, -0.2) is 22.1 Å². The zero-order chi connectivity index (χ0) is 23.0. The van der Waals surface area contributed by atoms with Crippen LogP contribution in [0.1, 0.15) is 10.4 Å². The minimum Gasteiger partial charge on any atom is -0.338 e. The molecule has 2 N–H and O–H groups in total. The average Bonchev–Trinajstić information content (AvgIpc) is 3.20. The van der Waals surface area contributed by atoms with E-state index >= 15 is 0 Å². The summed E-state index contributed by atoms with van der Waals surface area (Å²) in [5.74, 6) is -0.471. The molecule has 164 valence electrons.